The lowest BCUT2D eigenvalue weighted by Gasteiger charge is -2.14. The summed E-state index contributed by atoms with van der Waals surface area (Å²) in [5.41, 5.74) is 2.44. The van der Waals surface area contributed by atoms with Gasteiger partial charge in [-0.2, -0.15) is 9.78 Å². The summed E-state index contributed by atoms with van der Waals surface area (Å²) in [4.78, 5) is 25.2. The van der Waals surface area contributed by atoms with Gasteiger partial charge in [0.2, 0.25) is 0 Å². The van der Waals surface area contributed by atoms with Crippen LogP contribution in [0.2, 0.25) is 0 Å². The second-order valence-electron chi connectivity index (χ2n) is 5.65. The molecule has 8 nitrogen and oxygen atoms in total. The van der Waals surface area contributed by atoms with Crippen LogP contribution in [0, 0.1) is 13.8 Å². The highest BCUT2D eigenvalue weighted by molar-refractivity contribution is 5.88. The molecule has 0 bridgehead atoms. The first-order valence-corrected chi connectivity index (χ1v) is 7.88. The molecule has 3 aromatic heterocycles. The Labute approximate surface area is 145 Å². The second kappa shape index (κ2) is 7.08. The van der Waals surface area contributed by atoms with Crippen molar-refractivity contribution in [3.63, 3.8) is 0 Å². The molecule has 2 N–H and O–H groups in total. The van der Waals surface area contributed by atoms with Crippen molar-refractivity contribution in [3.8, 4) is 5.95 Å². The van der Waals surface area contributed by atoms with E-state index in [1.165, 1.54) is 4.68 Å². The molecule has 0 aliphatic heterocycles. The Morgan fingerprint density at radius 3 is 2.56 bits per heavy atom. The van der Waals surface area contributed by atoms with E-state index in [-0.39, 0.29) is 12.1 Å². The molecule has 3 aromatic rings. The molecule has 0 fully saturated rings. The van der Waals surface area contributed by atoms with Crippen LogP contribution < -0.4 is 10.6 Å². The average Bonchev–Trinajstić information content (AvgIpc) is 3.02. The molecule has 3 rings (SSSR count). The molecule has 1 atom stereocenters. The first-order valence-electron chi connectivity index (χ1n) is 7.88. The minimum absolute atomic E-state index is 0.227. The number of pyridine rings is 1. The van der Waals surface area contributed by atoms with Gasteiger partial charge in [-0.25, -0.2) is 14.8 Å². The first kappa shape index (κ1) is 16.6. The highest BCUT2D eigenvalue weighted by Crippen LogP contribution is 2.13. The van der Waals surface area contributed by atoms with E-state index in [1.807, 2.05) is 45.0 Å². The van der Waals surface area contributed by atoms with Crippen LogP contribution in [0.4, 0.5) is 10.6 Å². The molecule has 0 aliphatic carbocycles. The van der Waals surface area contributed by atoms with Crippen molar-refractivity contribution in [3.05, 3.63) is 59.8 Å². The minimum Gasteiger partial charge on any atom is -0.330 e. The quantitative estimate of drug-likeness (QED) is 0.762. The number of urea groups is 1. The summed E-state index contributed by atoms with van der Waals surface area (Å²) in [6.07, 6.45) is 3.27. The summed E-state index contributed by atoms with van der Waals surface area (Å²) >= 11 is 0. The van der Waals surface area contributed by atoms with Gasteiger partial charge in [0.15, 0.2) is 0 Å². The Kier molecular flexibility index (Phi) is 4.69. The normalized spacial score (nSPS) is 11.8. The lowest BCUT2D eigenvalue weighted by atomic mass is 10.2. The van der Waals surface area contributed by atoms with Gasteiger partial charge < -0.3 is 5.32 Å². The zero-order chi connectivity index (χ0) is 17.8. The Bertz CT molecular complexity index is 855. The van der Waals surface area contributed by atoms with Crippen LogP contribution in [0.25, 0.3) is 5.95 Å². The fourth-order valence-electron chi connectivity index (χ4n) is 2.41. The van der Waals surface area contributed by atoms with E-state index >= 15 is 0 Å². The van der Waals surface area contributed by atoms with E-state index in [1.54, 1.807) is 18.5 Å². The van der Waals surface area contributed by atoms with Crippen molar-refractivity contribution in [2.24, 2.45) is 0 Å². The number of rotatable bonds is 4. The van der Waals surface area contributed by atoms with Crippen LogP contribution in [0.3, 0.4) is 0 Å². The van der Waals surface area contributed by atoms with E-state index in [2.05, 4.69) is 30.7 Å². The number of aromatic nitrogens is 5. The van der Waals surface area contributed by atoms with E-state index in [4.69, 9.17) is 0 Å². The molecule has 0 radical (unpaired) electrons. The van der Waals surface area contributed by atoms with Gasteiger partial charge in [-0.05, 0) is 39.0 Å². The average molecular weight is 337 g/mol. The molecule has 0 unspecified atom stereocenters. The van der Waals surface area contributed by atoms with Gasteiger partial charge >= 0.3 is 6.03 Å². The smallest absolute Gasteiger partial charge is 0.320 e. The number of amides is 2. The summed E-state index contributed by atoms with van der Waals surface area (Å²) in [7, 11) is 0. The number of nitrogens with zero attached hydrogens (tertiary/aromatic N) is 5. The van der Waals surface area contributed by atoms with Gasteiger partial charge in [0.05, 0.1) is 17.9 Å². The number of carbonyl (C=O) groups excluding carboxylic acids is 1. The van der Waals surface area contributed by atoms with Crippen molar-refractivity contribution in [1.82, 2.24) is 30.0 Å². The monoisotopic (exact) mass is 337 g/mol. The largest absolute Gasteiger partial charge is 0.330 e. The first-order chi connectivity index (χ1) is 12.0. The molecule has 3 heterocycles. The zero-order valence-electron chi connectivity index (χ0n) is 14.3. The van der Waals surface area contributed by atoms with E-state index in [9.17, 15) is 4.79 Å². The van der Waals surface area contributed by atoms with Crippen molar-refractivity contribution in [2.45, 2.75) is 26.8 Å². The molecule has 0 saturated heterocycles. The van der Waals surface area contributed by atoms with Crippen LogP contribution in [0.5, 0.6) is 0 Å². The lowest BCUT2D eigenvalue weighted by Crippen LogP contribution is -2.32. The zero-order valence-corrected chi connectivity index (χ0v) is 14.3. The summed E-state index contributed by atoms with van der Waals surface area (Å²) < 4.78 is 1.49. The third kappa shape index (κ3) is 3.97. The molecule has 128 valence electrons. The van der Waals surface area contributed by atoms with Crippen LogP contribution in [-0.2, 0) is 0 Å². The van der Waals surface area contributed by atoms with E-state index in [0.717, 1.165) is 17.1 Å². The third-order valence-corrected chi connectivity index (χ3v) is 3.52. The molecule has 0 aliphatic rings. The van der Waals surface area contributed by atoms with Crippen molar-refractivity contribution in [2.75, 3.05) is 5.32 Å². The standard InChI is InChI=1S/C17H19N7O/c1-11-10-12(2)21-16(20-11)24-15(7-9-19-24)23-17(25)22-13(3)14-6-4-5-8-18-14/h4-10,13H,1-3H3,(H2,22,23,25)/t13-/m0/s1. The van der Waals surface area contributed by atoms with Gasteiger partial charge in [-0.1, -0.05) is 6.07 Å². The van der Waals surface area contributed by atoms with Gasteiger partial charge in [-0.15, -0.1) is 0 Å². The maximum atomic E-state index is 12.3. The Hall–Kier alpha value is -3.29. The molecule has 8 heteroatoms. The number of carbonyl (C=O) groups is 1. The van der Waals surface area contributed by atoms with Crippen molar-refractivity contribution >= 4 is 11.8 Å². The SMILES string of the molecule is Cc1cc(C)nc(-n2nccc2NC(=O)N[C@@H](C)c2ccccn2)n1. The fourth-order valence-corrected chi connectivity index (χ4v) is 2.41. The third-order valence-electron chi connectivity index (χ3n) is 3.52. The number of aryl methyl sites for hydroxylation is 2. The maximum absolute atomic E-state index is 12.3. The fraction of sp³-hybridized carbons (Fsp3) is 0.235. The summed E-state index contributed by atoms with van der Waals surface area (Å²) in [6.45, 7) is 5.64. The molecule has 2 amide bonds. The molecule has 25 heavy (non-hydrogen) atoms. The predicted molar refractivity (Wildman–Crippen MR) is 93.4 cm³/mol. The lowest BCUT2D eigenvalue weighted by molar-refractivity contribution is 0.249. The summed E-state index contributed by atoms with van der Waals surface area (Å²) in [6, 6.07) is 8.55. The van der Waals surface area contributed by atoms with Crippen molar-refractivity contribution < 1.29 is 4.79 Å². The van der Waals surface area contributed by atoms with Gasteiger partial charge in [0.25, 0.3) is 5.95 Å². The second-order valence-corrected chi connectivity index (χ2v) is 5.65. The van der Waals surface area contributed by atoms with Gasteiger partial charge in [0, 0.05) is 23.7 Å². The number of hydrogen-bond acceptors (Lipinski definition) is 5. The van der Waals surface area contributed by atoms with E-state index < -0.39 is 0 Å². The predicted octanol–water partition coefficient (Wildman–Crippen LogP) is 2.56. The number of anilines is 1. The minimum atomic E-state index is -0.357. The molecule has 0 spiro atoms. The molecule has 0 aromatic carbocycles. The van der Waals surface area contributed by atoms with Gasteiger partial charge in [0.1, 0.15) is 5.82 Å². The van der Waals surface area contributed by atoms with Crippen LogP contribution in [0.1, 0.15) is 30.0 Å². The Morgan fingerprint density at radius 1 is 1.12 bits per heavy atom. The molecular formula is C17H19N7O. The van der Waals surface area contributed by atoms with E-state index in [0.29, 0.717) is 11.8 Å². The topological polar surface area (TPSA) is 97.6 Å². The van der Waals surface area contributed by atoms with Crippen LogP contribution in [-0.4, -0.2) is 30.8 Å². The van der Waals surface area contributed by atoms with Gasteiger partial charge in [-0.3, -0.25) is 10.3 Å². The van der Waals surface area contributed by atoms with Crippen LogP contribution >= 0.6 is 0 Å². The maximum Gasteiger partial charge on any atom is 0.320 e. The number of nitrogens with one attached hydrogen (secondary N) is 2. The molecular weight excluding hydrogens is 318 g/mol. The van der Waals surface area contributed by atoms with Crippen molar-refractivity contribution in [1.29, 1.82) is 0 Å². The Balaban J connectivity index is 1.74. The Morgan fingerprint density at radius 2 is 1.88 bits per heavy atom. The number of hydrogen-bond donors (Lipinski definition) is 2. The molecule has 0 saturated carbocycles. The highest BCUT2D eigenvalue weighted by Gasteiger charge is 2.14. The highest BCUT2D eigenvalue weighted by atomic mass is 16.2. The summed E-state index contributed by atoms with van der Waals surface area (Å²) in [5.74, 6) is 0.895. The summed E-state index contributed by atoms with van der Waals surface area (Å²) in [5, 5.41) is 9.81. The van der Waals surface area contributed by atoms with Crippen LogP contribution in [0.15, 0.2) is 42.7 Å².